The highest BCUT2D eigenvalue weighted by Gasteiger charge is 2.21. The summed E-state index contributed by atoms with van der Waals surface area (Å²) < 4.78 is 5.26. The number of carbonyl (C=O) groups is 1. The molecule has 2 rings (SSSR count). The van der Waals surface area contributed by atoms with Crippen molar-refractivity contribution in [2.45, 2.75) is 12.8 Å². The minimum absolute atomic E-state index is 0.0358. The van der Waals surface area contributed by atoms with Crippen molar-refractivity contribution < 1.29 is 19.6 Å². The van der Waals surface area contributed by atoms with E-state index in [-0.39, 0.29) is 22.0 Å². The fourth-order valence-electron chi connectivity index (χ4n) is 2.24. The van der Waals surface area contributed by atoms with Crippen LogP contribution in [0.4, 0.5) is 11.4 Å². The zero-order valence-corrected chi connectivity index (χ0v) is 11.9. The van der Waals surface area contributed by atoms with Gasteiger partial charge in [0.2, 0.25) is 0 Å². The van der Waals surface area contributed by atoms with E-state index in [1.807, 2.05) is 0 Å². The van der Waals surface area contributed by atoms with Crippen LogP contribution in [0.25, 0.3) is 0 Å². The zero-order chi connectivity index (χ0) is 15.4. The lowest BCUT2D eigenvalue weighted by Gasteiger charge is -2.23. The van der Waals surface area contributed by atoms with Gasteiger partial charge in [0.25, 0.3) is 5.69 Å². The summed E-state index contributed by atoms with van der Waals surface area (Å²) in [5.41, 5.74) is -0.309. The van der Waals surface area contributed by atoms with Crippen LogP contribution in [0.2, 0.25) is 5.02 Å². The van der Waals surface area contributed by atoms with Crippen molar-refractivity contribution in [2.75, 3.05) is 25.1 Å². The van der Waals surface area contributed by atoms with Gasteiger partial charge in [0.05, 0.1) is 21.2 Å². The molecular weight excluding hydrogens is 300 g/mol. The van der Waals surface area contributed by atoms with Crippen molar-refractivity contribution in [3.05, 3.63) is 32.8 Å². The van der Waals surface area contributed by atoms with Crippen molar-refractivity contribution in [3.8, 4) is 0 Å². The molecule has 1 heterocycles. The number of anilines is 1. The van der Waals surface area contributed by atoms with Crippen LogP contribution in [0.15, 0.2) is 12.1 Å². The monoisotopic (exact) mass is 314 g/mol. The molecule has 0 aliphatic carbocycles. The molecular formula is C13H15ClN2O5. The molecule has 7 nitrogen and oxygen atoms in total. The quantitative estimate of drug-likeness (QED) is 0.640. The van der Waals surface area contributed by atoms with E-state index in [9.17, 15) is 20.0 Å². The third-order valence-corrected chi connectivity index (χ3v) is 3.72. The second kappa shape index (κ2) is 6.73. The number of ether oxygens (including phenoxy) is 1. The fourth-order valence-corrected chi connectivity index (χ4v) is 2.52. The molecule has 0 bridgehead atoms. The molecule has 1 aromatic rings. The Labute approximate surface area is 126 Å². The van der Waals surface area contributed by atoms with Crippen molar-refractivity contribution >= 4 is 28.9 Å². The van der Waals surface area contributed by atoms with Crippen LogP contribution in [0.1, 0.15) is 23.2 Å². The van der Waals surface area contributed by atoms with E-state index in [1.54, 1.807) is 0 Å². The summed E-state index contributed by atoms with van der Waals surface area (Å²) in [6.07, 6.45) is 1.78. The number of rotatable bonds is 5. The molecule has 1 fully saturated rings. The molecule has 0 saturated carbocycles. The van der Waals surface area contributed by atoms with Gasteiger partial charge in [-0.1, -0.05) is 11.6 Å². The molecule has 1 aliphatic heterocycles. The summed E-state index contributed by atoms with van der Waals surface area (Å²) >= 11 is 5.99. The predicted octanol–water partition coefficient (Wildman–Crippen LogP) is 2.78. The number of carboxylic acid groups (broad SMARTS) is 1. The first kappa shape index (κ1) is 15.5. The number of aromatic carboxylic acids is 1. The summed E-state index contributed by atoms with van der Waals surface area (Å²) in [5, 5.41) is 23.0. The van der Waals surface area contributed by atoms with E-state index in [4.69, 9.17) is 16.3 Å². The Morgan fingerprint density at radius 3 is 2.71 bits per heavy atom. The molecule has 0 spiro atoms. The number of nitro groups is 1. The third-order valence-electron chi connectivity index (χ3n) is 3.42. The molecule has 0 aromatic heterocycles. The maximum absolute atomic E-state index is 11.3. The normalized spacial score (nSPS) is 15.7. The van der Waals surface area contributed by atoms with Crippen LogP contribution in [-0.4, -0.2) is 35.8 Å². The van der Waals surface area contributed by atoms with Gasteiger partial charge >= 0.3 is 5.97 Å². The highest BCUT2D eigenvalue weighted by molar-refractivity contribution is 6.34. The van der Waals surface area contributed by atoms with Crippen LogP contribution >= 0.6 is 11.6 Å². The first-order valence-corrected chi connectivity index (χ1v) is 6.89. The van der Waals surface area contributed by atoms with Gasteiger partial charge in [-0.25, -0.2) is 4.79 Å². The molecule has 0 amide bonds. The Morgan fingerprint density at radius 1 is 1.48 bits per heavy atom. The van der Waals surface area contributed by atoms with E-state index >= 15 is 0 Å². The van der Waals surface area contributed by atoms with E-state index in [2.05, 4.69) is 5.32 Å². The van der Waals surface area contributed by atoms with E-state index < -0.39 is 10.9 Å². The van der Waals surface area contributed by atoms with Gasteiger partial charge in [-0.05, 0) is 18.8 Å². The summed E-state index contributed by atoms with van der Waals surface area (Å²) in [6.45, 7) is 1.93. The van der Waals surface area contributed by atoms with Gasteiger partial charge < -0.3 is 15.2 Å². The average Bonchev–Trinajstić information content (AvgIpc) is 2.46. The van der Waals surface area contributed by atoms with Crippen LogP contribution in [0.3, 0.4) is 0 Å². The number of nitrogens with zero attached hydrogens (tertiary/aromatic N) is 1. The lowest BCUT2D eigenvalue weighted by Crippen LogP contribution is -2.23. The Bertz CT molecular complexity index is 558. The van der Waals surface area contributed by atoms with E-state index in [0.717, 1.165) is 25.0 Å². The molecule has 0 atom stereocenters. The van der Waals surface area contributed by atoms with Gasteiger partial charge in [0.15, 0.2) is 0 Å². The predicted molar refractivity (Wildman–Crippen MR) is 77.1 cm³/mol. The maximum atomic E-state index is 11.3. The highest BCUT2D eigenvalue weighted by atomic mass is 35.5. The van der Waals surface area contributed by atoms with Gasteiger partial charge in [-0.3, -0.25) is 10.1 Å². The number of benzene rings is 1. The smallest absolute Gasteiger partial charge is 0.338 e. The first-order valence-electron chi connectivity index (χ1n) is 6.52. The van der Waals surface area contributed by atoms with Crippen molar-refractivity contribution in [1.29, 1.82) is 0 Å². The number of non-ortho nitro benzene ring substituents is 1. The number of halogens is 1. The molecule has 0 unspecified atom stereocenters. The molecule has 0 radical (unpaired) electrons. The van der Waals surface area contributed by atoms with E-state index in [0.29, 0.717) is 25.7 Å². The highest BCUT2D eigenvalue weighted by Crippen LogP contribution is 2.32. The SMILES string of the molecule is O=C(O)c1cc([N+](=O)[O-])cc(Cl)c1NCC1CCOCC1. The van der Waals surface area contributed by atoms with Crippen LogP contribution in [-0.2, 0) is 4.74 Å². The Morgan fingerprint density at radius 2 is 2.14 bits per heavy atom. The van der Waals surface area contributed by atoms with Crippen molar-refractivity contribution in [3.63, 3.8) is 0 Å². The Balaban J connectivity index is 2.20. The number of hydrogen-bond donors (Lipinski definition) is 2. The van der Waals surface area contributed by atoms with Crippen LogP contribution in [0, 0.1) is 16.0 Å². The van der Waals surface area contributed by atoms with E-state index in [1.165, 1.54) is 0 Å². The molecule has 114 valence electrons. The number of hydrogen-bond acceptors (Lipinski definition) is 5. The fraction of sp³-hybridized carbons (Fsp3) is 0.462. The first-order chi connectivity index (χ1) is 9.99. The molecule has 8 heteroatoms. The minimum Gasteiger partial charge on any atom is -0.478 e. The third kappa shape index (κ3) is 3.83. The topological polar surface area (TPSA) is 102 Å². The molecule has 2 N–H and O–H groups in total. The summed E-state index contributed by atoms with van der Waals surface area (Å²) in [7, 11) is 0. The van der Waals surface area contributed by atoms with Crippen LogP contribution < -0.4 is 5.32 Å². The lowest BCUT2D eigenvalue weighted by atomic mass is 10.00. The molecule has 21 heavy (non-hydrogen) atoms. The number of nitrogens with one attached hydrogen (secondary N) is 1. The van der Waals surface area contributed by atoms with Gasteiger partial charge in [0, 0.05) is 31.9 Å². The zero-order valence-electron chi connectivity index (χ0n) is 11.2. The largest absolute Gasteiger partial charge is 0.478 e. The summed E-state index contributed by atoms with van der Waals surface area (Å²) in [4.78, 5) is 21.4. The molecule has 1 aromatic carbocycles. The van der Waals surface area contributed by atoms with Gasteiger partial charge in [-0.2, -0.15) is 0 Å². The Hall–Kier alpha value is -1.86. The van der Waals surface area contributed by atoms with Gasteiger partial charge in [0.1, 0.15) is 0 Å². The number of nitro benzene ring substituents is 1. The lowest BCUT2D eigenvalue weighted by molar-refractivity contribution is -0.384. The minimum atomic E-state index is -1.25. The number of carboxylic acids is 1. The summed E-state index contributed by atoms with van der Waals surface area (Å²) in [5.74, 6) is -0.887. The second-order valence-electron chi connectivity index (χ2n) is 4.85. The average molecular weight is 315 g/mol. The van der Waals surface area contributed by atoms with Crippen LogP contribution in [0.5, 0.6) is 0 Å². The van der Waals surface area contributed by atoms with Gasteiger partial charge in [-0.15, -0.1) is 0 Å². The molecule has 1 saturated heterocycles. The summed E-state index contributed by atoms with van der Waals surface area (Å²) in [6, 6.07) is 2.17. The Kier molecular flexibility index (Phi) is 4.98. The van der Waals surface area contributed by atoms with Crippen molar-refractivity contribution in [1.82, 2.24) is 0 Å². The maximum Gasteiger partial charge on any atom is 0.338 e. The van der Waals surface area contributed by atoms with Crippen molar-refractivity contribution in [2.24, 2.45) is 5.92 Å². The second-order valence-corrected chi connectivity index (χ2v) is 5.26. The standard InChI is InChI=1S/C13H15ClN2O5/c14-11-6-9(16(19)20)5-10(13(17)18)12(11)15-7-8-1-3-21-4-2-8/h5-6,8,15H,1-4,7H2,(H,17,18). The molecule has 1 aliphatic rings.